The number of fused-ring (bicyclic) bond motifs is 4. The lowest BCUT2D eigenvalue weighted by Crippen LogP contribution is -2.56. The third kappa shape index (κ3) is 3.95. The molecule has 1 atom stereocenters. The fourth-order valence-corrected chi connectivity index (χ4v) is 6.30. The number of aliphatic hydroxyl groups excluding tert-OH is 1. The van der Waals surface area contributed by atoms with E-state index in [0.29, 0.717) is 32.5 Å². The number of piperidine rings is 1. The normalized spacial score (nSPS) is 18.9. The first-order valence-electron chi connectivity index (χ1n) is 12.8. The molecule has 190 valence electrons. The SMILES string of the molecule is CCC(=O)N1CC2(CCN(C(=O)Cc3ccccc3)CC2)c2c(n(C)c3cc(OC)ccc23)[C@@H]1CO. The van der Waals surface area contributed by atoms with Gasteiger partial charge < -0.3 is 24.2 Å². The smallest absolute Gasteiger partial charge is 0.226 e. The third-order valence-electron chi connectivity index (χ3n) is 8.22. The van der Waals surface area contributed by atoms with E-state index in [1.807, 2.05) is 66.2 Å². The standard InChI is InChI=1S/C29H35N3O4/c1-4-25(34)32-19-29(12-14-31(15-13-29)26(35)16-20-8-6-5-7-9-20)27-22-11-10-21(36-3)17-23(22)30(2)28(27)24(32)18-33/h5-11,17,24,33H,4,12-16,18-19H2,1-3H3/t24-/m0/s1. The van der Waals surface area contributed by atoms with Crippen molar-refractivity contribution in [1.82, 2.24) is 14.4 Å². The van der Waals surface area contributed by atoms with Crippen LogP contribution in [0.5, 0.6) is 5.75 Å². The maximum absolute atomic E-state index is 13.1. The summed E-state index contributed by atoms with van der Waals surface area (Å²) in [6.45, 7) is 3.60. The summed E-state index contributed by atoms with van der Waals surface area (Å²) >= 11 is 0. The molecule has 2 aliphatic heterocycles. The van der Waals surface area contributed by atoms with E-state index in [1.54, 1.807) is 7.11 Å². The number of aliphatic hydroxyl groups is 1. The van der Waals surface area contributed by atoms with Gasteiger partial charge in [0, 0.05) is 55.7 Å². The average Bonchev–Trinajstić information content (AvgIpc) is 3.21. The van der Waals surface area contributed by atoms with E-state index in [2.05, 4.69) is 10.6 Å². The van der Waals surface area contributed by atoms with Crippen LogP contribution in [0.2, 0.25) is 0 Å². The van der Waals surface area contributed by atoms with Crippen LogP contribution in [0.3, 0.4) is 0 Å². The molecule has 7 nitrogen and oxygen atoms in total. The maximum Gasteiger partial charge on any atom is 0.226 e. The summed E-state index contributed by atoms with van der Waals surface area (Å²) in [4.78, 5) is 30.0. The van der Waals surface area contributed by atoms with Crippen LogP contribution >= 0.6 is 0 Å². The lowest BCUT2D eigenvalue weighted by Gasteiger charge is -2.50. The van der Waals surface area contributed by atoms with E-state index >= 15 is 0 Å². The maximum atomic E-state index is 13.1. The molecule has 1 fully saturated rings. The second-order valence-corrected chi connectivity index (χ2v) is 10.1. The topological polar surface area (TPSA) is 75.0 Å². The summed E-state index contributed by atoms with van der Waals surface area (Å²) in [5, 5.41) is 11.6. The van der Waals surface area contributed by atoms with Crippen LogP contribution in [0.15, 0.2) is 48.5 Å². The molecule has 7 heteroatoms. The molecule has 0 aliphatic carbocycles. The van der Waals surface area contributed by atoms with Gasteiger partial charge in [-0.05, 0) is 36.1 Å². The third-order valence-corrected chi connectivity index (χ3v) is 8.22. The molecule has 0 unspecified atom stereocenters. The summed E-state index contributed by atoms with van der Waals surface area (Å²) in [7, 11) is 3.67. The Morgan fingerprint density at radius 2 is 1.81 bits per heavy atom. The van der Waals surface area contributed by atoms with Crippen molar-refractivity contribution < 1.29 is 19.4 Å². The number of aromatic nitrogens is 1. The van der Waals surface area contributed by atoms with Gasteiger partial charge in [-0.15, -0.1) is 0 Å². The van der Waals surface area contributed by atoms with Gasteiger partial charge in [0.15, 0.2) is 0 Å². The monoisotopic (exact) mass is 489 g/mol. The van der Waals surface area contributed by atoms with Crippen LogP contribution < -0.4 is 4.74 Å². The van der Waals surface area contributed by atoms with Gasteiger partial charge in [-0.3, -0.25) is 9.59 Å². The zero-order chi connectivity index (χ0) is 25.4. The van der Waals surface area contributed by atoms with Crippen LogP contribution in [0.25, 0.3) is 10.9 Å². The van der Waals surface area contributed by atoms with Crippen molar-refractivity contribution in [3.05, 3.63) is 65.4 Å². The lowest BCUT2D eigenvalue weighted by molar-refractivity contribution is -0.139. The largest absolute Gasteiger partial charge is 0.497 e. The molecule has 2 aromatic carbocycles. The predicted octanol–water partition coefficient (Wildman–Crippen LogP) is 3.58. The minimum atomic E-state index is -0.390. The highest BCUT2D eigenvalue weighted by molar-refractivity contribution is 5.90. The molecule has 2 amide bonds. The number of carbonyl (C=O) groups is 2. The molecule has 36 heavy (non-hydrogen) atoms. The highest BCUT2D eigenvalue weighted by Gasteiger charge is 2.49. The van der Waals surface area contributed by atoms with Gasteiger partial charge in [-0.2, -0.15) is 0 Å². The number of aryl methyl sites for hydroxylation is 1. The molecular formula is C29H35N3O4. The molecule has 1 N–H and O–H groups in total. The van der Waals surface area contributed by atoms with Crippen LogP contribution in [0, 0.1) is 0 Å². The van der Waals surface area contributed by atoms with Crippen molar-refractivity contribution in [2.75, 3.05) is 33.4 Å². The number of hydrogen-bond donors (Lipinski definition) is 1. The molecule has 0 saturated carbocycles. The van der Waals surface area contributed by atoms with E-state index in [0.717, 1.165) is 40.8 Å². The highest BCUT2D eigenvalue weighted by atomic mass is 16.5. The fraction of sp³-hybridized carbons (Fsp3) is 0.448. The summed E-state index contributed by atoms with van der Waals surface area (Å²) < 4.78 is 7.62. The molecule has 1 aromatic heterocycles. The van der Waals surface area contributed by atoms with Crippen molar-refractivity contribution in [3.63, 3.8) is 0 Å². The van der Waals surface area contributed by atoms with Gasteiger partial charge in [-0.25, -0.2) is 0 Å². The van der Waals surface area contributed by atoms with E-state index < -0.39 is 0 Å². The molecule has 5 rings (SSSR count). The number of nitrogens with zero attached hydrogens (tertiary/aromatic N) is 3. The minimum absolute atomic E-state index is 0.0458. The van der Waals surface area contributed by atoms with Gasteiger partial charge >= 0.3 is 0 Å². The summed E-state index contributed by atoms with van der Waals surface area (Å²) in [5.41, 5.74) is 4.00. The Labute approximate surface area is 212 Å². The molecule has 3 heterocycles. The van der Waals surface area contributed by atoms with Crippen LogP contribution in [0.1, 0.15) is 49.0 Å². The second kappa shape index (κ2) is 9.62. The van der Waals surface area contributed by atoms with E-state index in [1.165, 1.54) is 5.56 Å². The molecule has 0 bridgehead atoms. The van der Waals surface area contributed by atoms with Crippen molar-refractivity contribution in [3.8, 4) is 5.75 Å². The number of carbonyl (C=O) groups excluding carboxylic acids is 2. The zero-order valence-electron chi connectivity index (χ0n) is 21.4. The Kier molecular flexibility index (Phi) is 6.51. The Bertz CT molecular complexity index is 1270. The molecule has 3 aromatic rings. The van der Waals surface area contributed by atoms with E-state index in [-0.39, 0.29) is 29.9 Å². The molecule has 0 radical (unpaired) electrons. The first kappa shape index (κ1) is 24.4. The van der Waals surface area contributed by atoms with Gasteiger partial charge in [0.05, 0.1) is 31.7 Å². The predicted molar refractivity (Wildman–Crippen MR) is 139 cm³/mol. The quantitative estimate of drug-likeness (QED) is 0.595. The second-order valence-electron chi connectivity index (χ2n) is 10.1. The highest BCUT2D eigenvalue weighted by Crippen LogP contribution is 2.50. The van der Waals surface area contributed by atoms with Crippen molar-refractivity contribution in [2.24, 2.45) is 7.05 Å². The van der Waals surface area contributed by atoms with Gasteiger partial charge in [0.2, 0.25) is 11.8 Å². The number of rotatable bonds is 5. The summed E-state index contributed by atoms with van der Waals surface area (Å²) in [6.07, 6.45) is 2.34. The molecular weight excluding hydrogens is 454 g/mol. The summed E-state index contributed by atoms with van der Waals surface area (Å²) in [5.74, 6) is 0.965. The number of methoxy groups -OCH3 is 1. The Balaban J connectivity index is 1.53. The van der Waals surface area contributed by atoms with E-state index in [4.69, 9.17) is 4.74 Å². The molecule has 2 aliphatic rings. The van der Waals surface area contributed by atoms with Gasteiger partial charge in [0.1, 0.15) is 5.75 Å². The zero-order valence-corrected chi connectivity index (χ0v) is 21.4. The van der Waals surface area contributed by atoms with Crippen molar-refractivity contribution in [1.29, 1.82) is 0 Å². The Hall–Kier alpha value is -3.32. The number of ether oxygens (including phenoxy) is 1. The number of amides is 2. The lowest BCUT2D eigenvalue weighted by atomic mass is 9.68. The van der Waals surface area contributed by atoms with Gasteiger partial charge in [0.25, 0.3) is 0 Å². The molecule has 1 saturated heterocycles. The first-order chi connectivity index (χ1) is 17.4. The molecule has 1 spiro atoms. The number of hydrogen-bond acceptors (Lipinski definition) is 4. The number of likely N-dealkylation sites (tertiary alicyclic amines) is 1. The van der Waals surface area contributed by atoms with Crippen LogP contribution in [0.4, 0.5) is 0 Å². The van der Waals surface area contributed by atoms with E-state index in [9.17, 15) is 14.7 Å². The number of benzene rings is 2. The Morgan fingerprint density at radius 3 is 2.44 bits per heavy atom. The summed E-state index contributed by atoms with van der Waals surface area (Å²) in [6, 6.07) is 15.6. The van der Waals surface area contributed by atoms with Crippen LogP contribution in [-0.4, -0.2) is 64.6 Å². The first-order valence-corrected chi connectivity index (χ1v) is 12.8. The van der Waals surface area contributed by atoms with Crippen LogP contribution in [-0.2, 0) is 28.5 Å². The van der Waals surface area contributed by atoms with Crippen molar-refractivity contribution >= 4 is 22.7 Å². The van der Waals surface area contributed by atoms with Crippen molar-refractivity contribution in [2.45, 2.75) is 44.1 Å². The minimum Gasteiger partial charge on any atom is -0.497 e. The Morgan fingerprint density at radius 1 is 1.08 bits per heavy atom. The average molecular weight is 490 g/mol. The fourth-order valence-electron chi connectivity index (χ4n) is 6.30. The van der Waals surface area contributed by atoms with Gasteiger partial charge in [-0.1, -0.05) is 37.3 Å².